The number of rotatable bonds is 9. The molecule has 0 aliphatic heterocycles. The fourth-order valence-corrected chi connectivity index (χ4v) is 1.47. The molecule has 0 aromatic carbocycles. The van der Waals surface area contributed by atoms with Gasteiger partial charge in [-0.1, -0.05) is 0 Å². The second-order valence-corrected chi connectivity index (χ2v) is 3.94. The van der Waals surface area contributed by atoms with Gasteiger partial charge in [0.15, 0.2) is 0 Å². The molecule has 1 atom stereocenters. The summed E-state index contributed by atoms with van der Waals surface area (Å²) in [5.74, 6) is 0.965. The number of furan rings is 1. The third kappa shape index (κ3) is 7.07. The minimum atomic E-state index is -2.38. The lowest BCUT2D eigenvalue weighted by Gasteiger charge is -2.13. The molecule has 0 aliphatic rings. The topological polar surface area (TPSA) is 34.4 Å². The first kappa shape index (κ1) is 14.1. The van der Waals surface area contributed by atoms with Crippen LogP contribution in [0.2, 0.25) is 0 Å². The molecule has 0 fully saturated rings. The molecule has 0 spiro atoms. The minimum Gasteiger partial charge on any atom is -0.469 e. The number of hydrogen-bond donors (Lipinski definition) is 1. The van der Waals surface area contributed by atoms with Crippen LogP contribution in [0.1, 0.15) is 19.1 Å². The molecule has 98 valence electrons. The van der Waals surface area contributed by atoms with Crippen LogP contribution in [-0.4, -0.2) is 32.2 Å². The maximum absolute atomic E-state index is 11.7. The van der Waals surface area contributed by atoms with Crippen LogP contribution in [0.15, 0.2) is 22.8 Å². The van der Waals surface area contributed by atoms with E-state index in [1.54, 1.807) is 6.26 Å². The van der Waals surface area contributed by atoms with Crippen molar-refractivity contribution in [3.05, 3.63) is 24.2 Å². The van der Waals surface area contributed by atoms with Gasteiger partial charge in [0, 0.05) is 19.0 Å². The highest BCUT2D eigenvalue weighted by atomic mass is 19.3. The van der Waals surface area contributed by atoms with Crippen molar-refractivity contribution in [2.75, 3.05) is 19.8 Å². The Labute approximate surface area is 100 Å². The Morgan fingerprint density at radius 3 is 2.94 bits per heavy atom. The first-order valence-corrected chi connectivity index (χ1v) is 5.80. The van der Waals surface area contributed by atoms with Crippen LogP contribution in [0, 0.1) is 0 Å². The molecule has 3 nitrogen and oxygen atoms in total. The molecule has 1 rings (SSSR count). The highest BCUT2D eigenvalue weighted by Gasteiger charge is 2.04. The van der Waals surface area contributed by atoms with E-state index in [9.17, 15) is 8.78 Å². The molecule has 0 saturated heterocycles. The Morgan fingerprint density at radius 2 is 2.29 bits per heavy atom. The van der Waals surface area contributed by atoms with Gasteiger partial charge in [0.2, 0.25) is 0 Å². The fourth-order valence-electron chi connectivity index (χ4n) is 1.47. The van der Waals surface area contributed by atoms with Gasteiger partial charge in [-0.3, -0.25) is 0 Å². The zero-order chi connectivity index (χ0) is 12.5. The van der Waals surface area contributed by atoms with E-state index in [-0.39, 0.29) is 0 Å². The quantitative estimate of drug-likeness (QED) is 0.681. The number of nitrogens with one attached hydrogen (secondary N) is 1. The van der Waals surface area contributed by atoms with Crippen LogP contribution in [0.3, 0.4) is 0 Å². The van der Waals surface area contributed by atoms with Gasteiger partial charge in [-0.2, -0.15) is 0 Å². The summed E-state index contributed by atoms with van der Waals surface area (Å²) in [4.78, 5) is 0. The van der Waals surface area contributed by atoms with E-state index in [0.29, 0.717) is 19.2 Å². The van der Waals surface area contributed by atoms with Crippen molar-refractivity contribution in [2.24, 2.45) is 0 Å². The van der Waals surface area contributed by atoms with Crippen molar-refractivity contribution < 1.29 is 17.9 Å². The van der Waals surface area contributed by atoms with Crippen molar-refractivity contribution in [1.29, 1.82) is 0 Å². The van der Waals surface area contributed by atoms with Crippen LogP contribution >= 0.6 is 0 Å². The number of halogens is 2. The molecule has 1 unspecified atom stereocenters. The zero-order valence-corrected chi connectivity index (χ0v) is 9.99. The molecule has 1 aromatic rings. The summed E-state index contributed by atoms with van der Waals surface area (Å²) >= 11 is 0. The van der Waals surface area contributed by atoms with Crippen LogP contribution in [0.5, 0.6) is 0 Å². The first-order chi connectivity index (χ1) is 8.18. The molecule has 1 N–H and O–H groups in total. The summed E-state index contributed by atoms with van der Waals surface area (Å²) in [5, 5.41) is 3.21. The fraction of sp³-hybridized carbons (Fsp3) is 0.667. The Kier molecular flexibility index (Phi) is 6.81. The second-order valence-electron chi connectivity index (χ2n) is 3.94. The summed E-state index contributed by atoms with van der Waals surface area (Å²) in [7, 11) is 0. The summed E-state index contributed by atoms with van der Waals surface area (Å²) < 4.78 is 33.5. The molecular weight excluding hydrogens is 228 g/mol. The van der Waals surface area contributed by atoms with Crippen molar-refractivity contribution in [1.82, 2.24) is 5.32 Å². The van der Waals surface area contributed by atoms with Gasteiger partial charge in [-0.15, -0.1) is 0 Å². The number of alkyl halides is 2. The SMILES string of the molecule is CC(CCc1ccco1)NCCOCC(F)F. The van der Waals surface area contributed by atoms with E-state index in [1.165, 1.54) is 0 Å². The average Bonchev–Trinajstić information content (AvgIpc) is 2.78. The van der Waals surface area contributed by atoms with E-state index >= 15 is 0 Å². The third-order valence-corrected chi connectivity index (χ3v) is 2.39. The number of ether oxygens (including phenoxy) is 1. The standard InChI is InChI=1S/C12H19F2NO2/c1-10(4-5-11-3-2-7-17-11)15-6-8-16-9-12(13)14/h2-3,7,10,12,15H,4-6,8-9H2,1H3. The molecule has 0 bridgehead atoms. The molecule has 0 radical (unpaired) electrons. The van der Waals surface area contributed by atoms with E-state index in [2.05, 4.69) is 12.2 Å². The Morgan fingerprint density at radius 1 is 1.47 bits per heavy atom. The normalized spacial score (nSPS) is 13.2. The maximum atomic E-state index is 11.7. The first-order valence-electron chi connectivity index (χ1n) is 5.80. The van der Waals surface area contributed by atoms with Crippen LogP contribution in [0.4, 0.5) is 8.78 Å². The van der Waals surface area contributed by atoms with Crippen molar-refractivity contribution in [3.8, 4) is 0 Å². The molecule has 0 aliphatic carbocycles. The monoisotopic (exact) mass is 247 g/mol. The molecular formula is C12H19F2NO2. The molecule has 1 aromatic heterocycles. The Hall–Kier alpha value is -0.940. The summed E-state index contributed by atoms with van der Waals surface area (Å²) in [6.07, 6.45) is 1.10. The second kappa shape index (κ2) is 8.20. The van der Waals surface area contributed by atoms with Crippen LogP contribution < -0.4 is 5.32 Å². The largest absolute Gasteiger partial charge is 0.469 e. The summed E-state index contributed by atoms with van der Waals surface area (Å²) in [5.41, 5.74) is 0. The highest BCUT2D eigenvalue weighted by Crippen LogP contribution is 2.05. The zero-order valence-electron chi connectivity index (χ0n) is 9.99. The number of hydrogen-bond acceptors (Lipinski definition) is 3. The lowest BCUT2D eigenvalue weighted by Crippen LogP contribution is -2.30. The average molecular weight is 247 g/mol. The van der Waals surface area contributed by atoms with Gasteiger partial charge in [0.05, 0.1) is 12.9 Å². The van der Waals surface area contributed by atoms with Gasteiger partial charge < -0.3 is 14.5 Å². The highest BCUT2D eigenvalue weighted by molar-refractivity contribution is 4.98. The number of aryl methyl sites for hydroxylation is 1. The minimum absolute atomic E-state index is 0.315. The molecule has 5 heteroatoms. The third-order valence-electron chi connectivity index (χ3n) is 2.39. The van der Waals surface area contributed by atoms with Crippen molar-refractivity contribution in [3.63, 3.8) is 0 Å². The molecule has 1 heterocycles. The molecule has 0 amide bonds. The van der Waals surface area contributed by atoms with Gasteiger partial charge >= 0.3 is 0 Å². The van der Waals surface area contributed by atoms with Crippen LogP contribution in [-0.2, 0) is 11.2 Å². The van der Waals surface area contributed by atoms with Crippen molar-refractivity contribution >= 4 is 0 Å². The lowest BCUT2D eigenvalue weighted by molar-refractivity contribution is 0.0182. The Bertz CT molecular complexity index is 278. The van der Waals surface area contributed by atoms with Gasteiger partial charge in [0.1, 0.15) is 12.4 Å². The Balaban J connectivity index is 1.96. The van der Waals surface area contributed by atoms with Gasteiger partial charge in [-0.25, -0.2) is 8.78 Å². The van der Waals surface area contributed by atoms with Crippen LogP contribution in [0.25, 0.3) is 0 Å². The molecule has 0 saturated carbocycles. The van der Waals surface area contributed by atoms with E-state index in [4.69, 9.17) is 9.15 Å². The smallest absolute Gasteiger partial charge is 0.261 e. The summed E-state index contributed by atoms with van der Waals surface area (Å²) in [6.45, 7) is 2.47. The van der Waals surface area contributed by atoms with E-state index in [1.807, 2.05) is 12.1 Å². The van der Waals surface area contributed by atoms with E-state index < -0.39 is 13.0 Å². The summed E-state index contributed by atoms with van der Waals surface area (Å²) in [6, 6.07) is 4.12. The maximum Gasteiger partial charge on any atom is 0.261 e. The lowest BCUT2D eigenvalue weighted by atomic mass is 10.1. The predicted molar refractivity (Wildman–Crippen MR) is 61.3 cm³/mol. The van der Waals surface area contributed by atoms with Gasteiger partial charge in [0.25, 0.3) is 6.43 Å². The van der Waals surface area contributed by atoms with E-state index in [0.717, 1.165) is 18.6 Å². The predicted octanol–water partition coefficient (Wildman–Crippen LogP) is 2.47. The molecule has 17 heavy (non-hydrogen) atoms. The van der Waals surface area contributed by atoms with Crippen molar-refractivity contribution in [2.45, 2.75) is 32.2 Å². The van der Waals surface area contributed by atoms with Gasteiger partial charge in [-0.05, 0) is 25.5 Å².